The summed E-state index contributed by atoms with van der Waals surface area (Å²) < 4.78 is 10.5. The molecule has 2 atom stereocenters. The summed E-state index contributed by atoms with van der Waals surface area (Å²) in [7, 11) is 3.17. The van der Waals surface area contributed by atoms with Gasteiger partial charge in [0.1, 0.15) is 11.8 Å². The third kappa shape index (κ3) is 5.88. The number of carbonyl (C=O) groups is 3. The number of thiophene rings is 1. The molecule has 4 rings (SSSR count). The Labute approximate surface area is 215 Å². The number of nitrogens with one attached hydrogen (secondary N) is 1. The minimum atomic E-state index is -0.614. The van der Waals surface area contributed by atoms with Crippen LogP contribution in [0.4, 0.5) is 0 Å². The van der Waals surface area contributed by atoms with Gasteiger partial charge in [0, 0.05) is 45.4 Å². The van der Waals surface area contributed by atoms with E-state index in [2.05, 4.69) is 5.32 Å². The molecule has 2 unspecified atom stereocenters. The zero-order chi connectivity index (χ0) is 25.5. The molecule has 2 aromatic rings. The summed E-state index contributed by atoms with van der Waals surface area (Å²) in [5, 5.41) is 5.18. The SMILES string of the molecule is COCCN(C(=O)c1ccc(OC)cc1)C1CC(C(=O)N2CCCNCC2)N(C(=O)c2cccs2)C1. The van der Waals surface area contributed by atoms with Gasteiger partial charge < -0.3 is 29.5 Å². The number of amides is 3. The van der Waals surface area contributed by atoms with Crippen LogP contribution in [0.15, 0.2) is 41.8 Å². The lowest BCUT2D eigenvalue weighted by Crippen LogP contribution is -2.48. The minimum Gasteiger partial charge on any atom is -0.497 e. The molecule has 3 heterocycles. The van der Waals surface area contributed by atoms with E-state index in [1.165, 1.54) is 11.3 Å². The van der Waals surface area contributed by atoms with E-state index in [0.717, 1.165) is 19.5 Å². The van der Waals surface area contributed by atoms with E-state index < -0.39 is 6.04 Å². The van der Waals surface area contributed by atoms with Crippen molar-refractivity contribution in [2.45, 2.75) is 24.9 Å². The number of methoxy groups -OCH3 is 2. The van der Waals surface area contributed by atoms with Gasteiger partial charge in [-0.25, -0.2) is 0 Å². The third-order valence-electron chi connectivity index (χ3n) is 6.78. The highest BCUT2D eigenvalue weighted by Gasteiger charge is 2.44. The maximum atomic E-state index is 13.7. The fourth-order valence-corrected chi connectivity index (χ4v) is 5.53. The molecule has 0 saturated carbocycles. The number of ether oxygens (including phenoxy) is 2. The first-order valence-electron chi connectivity index (χ1n) is 12.3. The van der Waals surface area contributed by atoms with Gasteiger partial charge >= 0.3 is 0 Å². The summed E-state index contributed by atoms with van der Waals surface area (Å²) in [4.78, 5) is 46.6. The van der Waals surface area contributed by atoms with Crippen LogP contribution in [0.3, 0.4) is 0 Å². The topological polar surface area (TPSA) is 91.4 Å². The zero-order valence-corrected chi connectivity index (χ0v) is 21.7. The highest BCUT2D eigenvalue weighted by Crippen LogP contribution is 2.28. The molecule has 1 aromatic carbocycles. The second-order valence-corrected chi connectivity index (χ2v) is 9.94. The molecule has 0 aliphatic carbocycles. The summed E-state index contributed by atoms with van der Waals surface area (Å²) in [6.07, 6.45) is 1.27. The van der Waals surface area contributed by atoms with E-state index in [9.17, 15) is 14.4 Å². The number of benzene rings is 1. The van der Waals surface area contributed by atoms with Crippen LogP contribution in [0.25, 0.3) is 0 Å². The summed E-state index contributed by atoms with van der Waals surface area (Å²) in [5.74, 6) is 0.300. The number of carbonyl (C=O) groups excluding carboxylic acids is 3. The van der Waals surface area contributed by atoms with Crippen LogP contribution in [0.2, 0.25) is 0 Å². The lowest BCUT2D eigenvalue weighted by atomic mass is 10.1. The molecular formula is C26H34N4O5S. The van der Waals surface area contributed by atoms with Crippen molar-refractivity contribution in [3.63, 3.8) is 0 Å². The Morgan fingerprint density at radius 2 is 1.92 bits per heavy atom. The maximum Gasteiger partial charge on any atom is 0.264 e. The van der Waals surface area contributed by atoms with E-state index in [1.54, 1.807) is 54.4 Å². The Balaban J connectivity index is 1.60. The second kappa shape index (κ2) is 12.3. The molecule has 2 aliphatic rings. The molecule has 36 heavy (non-hydrogen) atoms. The van der Waals surface area contributed by atoms with E-state index >= 15 is 0 Å². The lowest BCUT2D eigenvalue weighted by Gasteiger charge is -2.29. The molecule has 1 aromatic heterocycles. The number of rotatable bonds is 8. The average Bonchev–Trinajstić information content (AvgIpc) is 3.53. The van der Waals surface area contributed by atoms with Crippen LogP contribution in [0, 0.1) is 0 Å². The molecule has 194 valence electrons. The quantitative estimate of drug-likeness (QED) is 0.579. The van der Waals surface area contributed by atoms with Crippen molar-refractivity contribution in [1.82, 2.24) is 20.0 Å². The van der Waals surface area contributed by atoms with Gasteiger partial charge in [-0.1, -0.05) is 6.07 Å². The normalized spacial score (nSPS) is 20.2. The molecule has 0 spiro atoms. The highest BCUT2D eigenvalue weighted by atomic mass is 32.1. The molecule has 3 amide bonds. The third-order valence-corrected chi connectivity index (χ3v) is 7.64. The van der Waals surface area contributed by atoms with Crippen molar-refractivity contribution in [2.75, 3.05) is 60.1 Å². The molecule has 0 bridgehead atoms. The Bertz CT molecular complexity index is 1020. The second-order valence-electron chi connectivity index (χ2n) is 8.99. The van der Waals surface area contributed by atoms with Gasteiger partial charge in [-0.3, -0.25) is 14.4 Å². The molecule has 2 fully saturated rings. The predicted octanol–water partition coefficient (Wildman–Crippen LogP) is 1.95. The van der Waals surface area contributed by atoms with Crippen LogP contribution < -0.4 is 10.1 Å². The molecule has 9 nitrogen and oxygen atoms in total. The maximum absolute atomic E-state index is 13.7. The fraction of sp³-hybridized carbons (Fsp3) is 0.500. The van der Waals surface area contributed by atoms with E-state index in [4.69, 9.17) is 9.47 Å². The van der Waals surface area contributed by atoms with Gasteiger partial charge in [0.25, 0.3) is 11.8 Å². The number of hydrogen-bond acceptors (Lipinski definition) is 7. The summed E-state index contributed by atoms with van der Waals surface area (Å²) in [6.45, 7) is 3.89. The average molecular weight is 515 g/mol. The first-order chi connectivity index (χ1) is 17.5. The van der Waals surface area contributed by atoms with Gasteiger partial charge in [0.05, 0.1) is 24.6 Å². The van der Waals surface area contributed by atoms with Gasteiger partial charge in [-0.05, 0) is 55.1 Å². The Kier molecular flexibility index (Phi) is 8.95. The first-order valence-corrected chi connectivity index (χ1v) is 13.2. The van der Waals surface area contributed by atoms with E-state index in [1.807, 2.05) is 16.3 Å². The van der Waals surface area contributed by atoms with Crippen LogP contribution >= 0.6 is 11.3 Å². The summed E-state index contributed by atoms with van der Waals surface area (Å²) >= 11 is 1.36. The number of nitrogens with zero attached hydrogens (tertiary/aromatic N) is 3. The Morgan fingerprint density at radius 3 is 2.61 bits per heavy atom. The zero-order valence-electron chi connectivity index (χ0n) is 20.9. The van der Waals surface area contributed by atoms with Gasteiger partial charge in [0.15, 0.2) is 0 Å². The molecule has 1 N–H and O–H groups in total. The van der Waals surface area contributed by atoms with Gasteiger partial charge in [-0.2, -0.15) is 0 Å². The van der Waals surface area contributed by atoms with Crippen LogP contribution in [0.1, 0.15) is 32.9 Å². The van der Waals surface area contributed by atoms with Crippen LogP contribution in [0.5, 0.6) is 5.75 Å². The smallest absolute Gasteiger partial charge is 0.264 e. The summed E-state index contributed by atoms with van der Waals surface area (Å²) in [6, 6.07) is 9.67. The van der Waals surface area contributed by atoms with Gasteiger partial charge in [0.2, 0.25) is 5.91 Å². The predicted molar refractivity (Wildman–Crippen MR) is 138 cm³/mol. The molecule has 10 heteroatoms. The van der Waals surface area contributed by atoms with Crippen molar-refractivity contribution in [3.05, 3.63) is 52.2 Å². The van der Waals surface area contributed by atoms with Crippen LogP contribution in [-0.2, 0) is 9.53 Å². The number of likely N-dealkylation sites (tertiary alicyclic amines) is 1. The Hall–Kier alpha value is -2.95. The molecule has 2 aliphatic heterocycles. The van der Waals surface area contributed by atoms with Crippen molar-refractivity contribution in [1.29, 1.82) is 0 Å². The summed E-state index contributed by atoms with van der Waals surface area (Å²) in [5.41, 5.74) is 0.524. The highest BCUT2D eigenvalue weighted by molar-refractivity contribution is 7.12. The monoisotopic (exact) mass is 514 g/mol. The standard InChI is InChI=1S/C26H34N4O5S/c1-34-15-14-29(24(31)19-6-8-21(35-2)9-7-19)20-17-22(25(32)28-12-4-10-27-11-13-28)30(18-20)26(33)23-5-3-16-36-23/h3,5-9,16,20,22,27H,4,10-15,17-18H2,1-2H3. The van der Waals surface area contributed by atoms with Crippen molar-refractivity contribution in [2.24, 2.45) is 0 Å². The number of hydrogen-bond donors (Lipinski definition) is 1. The van der Waals surface area contributed by atoms with Crippen LogP contribution in [-0.4, -0.2) is 105 Å². The lowest BCUT2D eigenvalue weighted by molar-refractivity contribution is -0.135. The van der Waals surface area contributed by atoms with E-state index in [-0.39, 0.29) is 23.8 Å². The minimum absolute atomic E-state index is 0.0466. The van der Waals surface area contributed by atoms with Crippen molar-refractivity contribution < 1.29 is 23.9 Å². The first kappa shape index (κ1) is 26.1. The fourth-order valence-electron chi connectivity index (χ4n) is 4.86. The van der Waals surface area contributed by atoms with E-state index in [0.29, 0.717) is 55.4 Å². The Morgan fingerprint density at radius 1 is 1.11 bits per heavy atom. The molecule has 0 radical (unpaired) electrons. The molecule has 2 saturated heterocycles. The van der Waals surface area contributed by atoms with Gasteiger partial charge in [-0.15, -0.1) is 11.3 Å². The van der Waals surface area contributed by atoms with Crippen molar-refractivity contribution in [3.8, 4) is 5.75 Å². The van der Waals surface area contributed by atoms with Crippen molar-refractivity contribution >= 4 is 29.1 Å². The molecular weight excluding hydrogens is 480 g/mol. The largest absolute Gasteiger partial charge is 0.497 e.